The normalized spacial score (nSPS) is 11.3. The predicted molar refractivity (Wildman–Crippen MR) is 89.9 cm³/mol. The molecule has 0 aromatic carbocycles. The minimum absolute atomic E-state index is 0.945. The first-order valence-electron chi connectivity index (χ1n) is 8.38. The van der Waals surface area contributed by atoms with Gasteiger partial charge >= 0.3 is 0 Å². The van der Waals surface area contributed by atoms with Gasteiger partial charge in [0.25, 0.3) is 0 Å². The van der Waals surface area contributed by atoms with E-state index in [2.05, 4.69) is 44.8 Å². The average molecular weight is 292 g/mol. The summed E-state index contributed by atoms with van der Waals surface area (Å²) in [5, 5.41) is 3.37. The van der Waals surface area contributed by atoms with Gasteiger partial charge in [0, 0.05) is 24.4 Å². The molecule has 0 unspecified atom stereocenters. The van der Waals surface area contributed by atoms with Crippen molar-refractivity contribution in [2.24, 2.45) is 0 Å². The van der Waals surface area contributed by atoms with Crippen LogP contribution in [-0.2, 0) is 12.8 Å². The van der Waals surface area contributed by atoms with Gasteiger partial charge in [0.05, 0.1) is 0 Å². The first-order chi connectivity index (χ1) is 10.1. The summed E-state index contributed by atoms with van der Waals surface area (Å²) in [4.78, 5) is 11.8. The molecule has 4 nitrogen and oxygen atoms in total. The van der Waals surface area contributed by atoms with E-state index in [0.29, 0.717) is 0 Å². The van der Waals surface area contributed by atoms with Crippen LogP contribution in [0.5, 0.6) is 0 Å². The second-order valence-electron chi connectivity index (χ2n) is 5.52. The maximum absolute atomic E-state index is 4.72. The van der Waals surface area contributed by atoms with Crippen molar-refractivity contribution in [1.29, 1.82) is 0 Å². The van der Waals surface area contributed by atoms with Gasteiger partial charge in [-0.3, -0.25) is 0 Å². The highest BCUT2D eigenvalue weighted by Crippen LogP contribution is 2.13. The van der Waals surface area contributed by atoms with E-state index in [1.54, 1.807) is 0 Å². The predicted octanol–water partition coefficient (Wildman–Crippen LogP) is 2.52. The van der Waals surface area contributed by atoms with Crippen LogP contribution in [0.1, 0.15) is 50.0 Å². The van der Waals surface area contributed by atoms with Crippen molar-refractivity contribution < 1.29 is 0 Å². The van der Waals surface area contributed by atoms with Gasteiger partial charge < -0.3 is 10.2 Å². The number of rotatable bonds is 10. The molecule has 1 N–H and O–H groups in total. The molecular weight excluding hydrogens is 260 g/mol. The highest BCUT2D eigenvalue weighted by atomic mass is 15.1. The van der Waals surface area contributed by atoms with Crippen LogP contribution in [-0.4, -0.2) is 47.6 Å². The van der Waals surface area contributed by atoms with Crippen LogP contribution in [0.3, 0.4) is 0 Å². The van der Waals surface area contributed by atoms with Gasteiger partial charge in [-0.25, -0.2) is 9.97 Å². The van der Waals surface area contributed by atoms with E-state index in [4.69, 9.17) is 9.97 Å². The molecule has 0 saturated carbocycles. The fraction of sp³-hybridized carbons (Fsp3) is 0.765. The maximum atomic E-state index is 4.72. The second kappa shape index (κ2) is 9.85. The van der Waals surface area contributed by atoms with Crippen molar-refractivity contribution >= 4 is 0 Å². The van der Waals surface area contributed by atoms with Crippen molar-refractivity contribution in [3.63, 3.8) is 0 Å². The number of nitrogens with one attached hydrogen (secondary N) is 1. The standard InChI is InChI=1S/C17H32N4/c1-6-18-12-9-10-16-14(4)19-17(20-15(16)5)11-13-21(7-2)8-3/h18H,6-13H2,1-5H3. The molecule has 0 amide bonds. The molecule has 4 heteroatoms. The smallest absolute Gasteiger partial charge is 0.130 e. The molecule has 0 spiro atoms. The molecule has 21 heavy (non-hydrogen) atoms. The summed E-state index contributed by atoms with van der Waals surface area (Å²) in [6.07, 6.45) is 3.17. The Morgan fingerprint density at radius 2 is 1.57 bits per heavy atom. The fourth-order valence-corrected chi connectivity index (χ4v) is 2.65. The molecule has 0 radical (unpaired) electrons. The third-order valence-corrected chi connectivity index (χ3v) is 4.04. The summed E-state index contributed by atoms with van der Waals surface area (Å²) in [6.45, 7) is 16.1. The van der Waals surface area contributed by atoms with E-state index in [0.717, 1.165) is 69.2 Å². The Balaban J connectivity index is 2.61. The van der Waals surface area contributed by atoms with E-state index in [-0.39, 0.29) is 0 Å². The van der Waals surface area contributed by atoms with Crippen LogP contribution in [0, 0.1) is 13.8 Å². The van der Waals surface area contributed by atoms with Gasteiger partial charge in [-0.1, -0.05) is 20.8 Å². The molecule has 1 heterocycles. The lowest BCUT2D eigenvalue weighted by molar-refractivity contribution is 0.305. The maximum Gasteiger partial charge on any atom is 0.130 e. The van der Waals surface area contributed by atoms with Crippen molar-refractivity contribution in [3.05, 3.63) is 22.8 Å². The summed E-state index contributed by atoms with van der Waals surface area (Å²) in [6, 6.07) is 0. The van der Waals surface area contributed by atoms with Crippen LogP contribution < -0.4 is 5.32 Å². The molecule has 1 rings (SSSR count). The zero-order chi connectivity index (χ0) is 15.7. The topological polar surface area (TPSA) is 41.1 Å². The SMILES string of the molecule is CCNCCCc1c(C)nc(CCN(CC)CC)nc1C. The molecule has 0 aliphatic rings. The van der Waals surface area contributed by atoms with Crippen molar-refractivity contribution in [2.45, 2.75) is 53.9 Å². The highest BCUT2D eigenvalue weighted by molar-refractivity contribution is 5.24. The first kappa shape index (κ1) is 18.1. The summed E-state index contributed by atoms with van der Waals surface area (Å²) in [7, 11) is 0. The number of hydrogen-bond donors (Lipinski definition) is 1. The number of aromatic nitrogens is 2. The van der Waals surface area contributed by atoms with Crippen molar-refractivity contribution in [2.75, 3.05) is 32.7 Å². The highest BCUT2D eigenvalue weighted by Gasteiger charge is 2.09. The summed E-state index contributed by atoms with van der Waals surface area (Å²) < 4.78 is 0. The lowest BCUT2D eigenvalue weighted by Crippen LogP contribution is -2.26. The largest absolute Gasteiger partial charge is 0.317 e. The van der Waals surface area contributed by atoms with Gasteiger partial charge in [-0.05, 0) is 58.4 Å². The summed E-state index contributed by atoms with van der Waals surface area (Å²) in [5.74, 6) is 0.993. The minimum atomic E-state index is 0.945. The lowest BCUT2D eigenvalue weighted by atomic mass is 10.1. The third-order valence-electron chi connectivity index (χ3n) is 4.04. The molecule has 0 aliphatic carbocycles. The van der Waals surface area contributed by atoms with Gasteiger partial charge in [0.2, 0.25) is 0 Å². The number of aryl methyl sites for hydroxylation is 2. The Labute approximate surface area is 130 Å². The van der Waals surface area contributed by atoms with E-state index in [9.17, 15) is 0 Å². The van der Waals surface area contributed by atoms with Crippen molar-refractivity contribution in [1.82, 2.24) is 20.2 Å². The third kappa shape index (κ3) is 6.10. The Bertz CT molecular complexity index is 390. The Kier molecular flexibility index (Phi) is 8.47. The van der Waals surface area contributed by atoms with Crippen LogP contribution >= 0.6 is 0 Å². The van der Waals surface area contributed by atoms with Crippen LogP contribution in [0.4, 0.5) is 0 Å². The summed E-state index contributed by atoms with van der Waals surface area (Å²) >= 11 is 0. The van der Waals surface area contributed by atoms with Crippen LogP contribution in [0.25, 0.3) is 0 Å². The molecule has 0 aliphatic heterocycles. The monoisotopic (exact) mass is 292 g/mol. The lowest BCUT2D eigenvalue weighted by Gasteiger charge is -2.18. The van der Waals surface area contributed by atoms with Crippen LogP contribution in [0.15, 0.2) is 0 Å². The number of hydrogen-bond acceptors (Lipinski definition) is 4. The van der Waals surface area contributed by atoms with Gasteiger partial charge in [-0.15, -0.1) is 0 Å². The first-order valence-corrected chi connectivity index (χ1v) is 8.38. The van der Waals surface area contributed by atoms with Gasteiger partial charge in [-0.2, -0.15) is 0 Å². The average Bonchev–Trinajstić information content (AvgIpc) is 2.47. The Morgan fingerprint density at radius 1 is 0.952 bits per heavy atom. The number of nitrogens with zero attached hydrogens (tertiary/aromatic N) is 3. The molecule has 0 fully saturated rings. The van der Waals surface area contributed by atoms with E-state index in [1.165, 1.54) is 5.56 Å². The van der Waals surface area contributed by atoms with E-state index < -0.39 is 0 Å². The van der Waals surface area contributed by atoms with Crippen LogP contribution in [0.2, 0.25) is 0 Å². The Morgan fingerprint density at radius 3 is 2.10 bits per heavy atom. The molecule has 0 atom stereocenters. The molecule has 0 bridgehead atoms. The number of likely N-dealkylation sites (N-methyl/N-ethyl adjacent to an activating group) is 1. The molecule has 0 saturated heterocycles. The Hall–Kier alpha value is -1.00. The molecule has 1 aromatic heterocycles. The minimum Gasteiger partial charge on any atom is -0.317 e. The van der Waals surface area contributed by atoms with Gasteiger partial charge in [0.15, 0.2) is 0 Å². The zero-order valence-electron chi connectivity index (χ0n) is 14.5. The quantitative estimate of drug-likeness (QED) is 0.673. The van der Waals surface area contributed by atoms with Gasteiger partial charge in [0.1, 0.15) is 5.82 Å². The molecular formula is C17H32N4. The second-order valence-corrected chi connectivity index (χ2v) is 5.52. The molecule has 1 aromatic rings. The fourth-order valence-electron chi connectivity index (χ4n) is 2.65. The van der Waals surface area contributed by atoms with E-state index in [1.807, 2.05) is 0 Å². The van der Waals surface area contributed by atoms with Crippen molar-refractivity contribution in [3.8, 4) is 0 Å². The molecule has 120 valence electrons. The van der Waals surface area contributed by atoms with E-state index >= 15 is 0 Å². The summed E-state index contributed by atoms with van der Waals surface area (Å²) in [5.41, 5.74) is 3.65. The zero-order valence-corrected chi connectivity index (χ0v) is 14.5.